The van der Waals surface area contributed by atoms with Crippen molar-refractivity contribution in [1.82, 2.24) is 4.90 Å². The van der Waals surface area contributed by atoms with E-state index in [1.807, 2.05) is 12.1 Å². The van der Waals surface area contributed by atoms with Crippen molar-refractivity contribution in [3.63, 3.8) is 0 Å². The average molecular weight is 368 g/mol. The summed E-state index contributed by atoms with van der Waals surface area (Å²) in [5.74, 6) is 0.596. The second kappa shape index (κ2) is 8.94. The van der Waals surface area contributed by atoms with Crippen molar-refractivity contribution < 1.29 is 14.3 Å². The Morgan fingerprint density at radius 1 is 1.25 bits per heavy atom. The molecule has 0 unspecified atom stereocenters. The first-order valence-corrected chi connectivity index (χ1v) is 8.92. The topological polar surface area (TPSA) is 40.5 Å². The van der Waals surface area contributed by atoms with E-state index in [1.54, 1.807) is 43.1 Å². The van der Waals surface area contributed by atoms with Crippen molar-refractivity contribution in [2.45, 2.75) is 24.3 Å². The van der Waals surface area contributed by atoms with E-state index in [1.165, 1.54) is 11.0 Å². The van der Waals surface area contributed by atoms with Gasteiger partial charge in [-0.1, -0.05) is 17.7 Å². The Kier molecular flexibility index (Phi) is 6.94. The van der Waals surface area contributed by atoms with Crippen molar-refractivity contribution in [2.75, 3.05) is 12.8 Å². The van der Waals surface area contributed by atoms with Crippen molar-refractivity contribution >= 4 is 29.3 Å². The van der Waals surface area contributed by atoms with Gasteiger partial charge in [-0.3, -0.25) is 4.79 Å². The molecule has 0 atom stereocenters. The summed E-state index contributed by atoms with van der Waals surface area (Å²) in [6, 6.07) is 11.5. The van der Waals surface area contributed by atoms with Crippen LogP contribution in [0.2, 0.25) is 5.02 Å². The van der Waals surface area contributed by atoms with Crippen LogP contribution in [0.3, 0.4) is 0 Å². The average Bonchev–Trinajstić information content (AvgIpc) is 2.56. The number of carbonyl (C=O) groups excluding carboxylic acids is 1. The summed E-state index contributed by atoms with van der Waals surface area (Å²) in [7, 11) is 1.65. The van der Waals surface area contributed by atoms with Crippen LogP contribution in [0.1, 0.15) is 18.4 Å². The van der Waals surface area contributed by atoms with Crippen molar-refractivity contribution in [3.05, 3.63) is 58.9 Å². The van der Waals surface area contributed by atoms with Gasteiger partial charge in [0, 0.05) is 35.5 Å². The summed E-state index contributed by atoms with van der Waals surface area (Å²) in [6.07, 6.45) is 1.12. The minimum atomic E-state index is -0.398. The first-order chi connectivity index (χ1) is 11.5. The number of amides is 1. The summed E-state index contributed by atoms with van der Waals surface area (Å²) >= 11 is 7.61. The van der Waals surface area contributed by atoms with Gasteiger partial charge in [0.2, 0.25) is 5.91 Å². The third-order valence-corrected chi connectivity index (χ3v) is 4.98. The van der Waals surface area contributed by atoms with Crippen LogP contribution in [0.5, 0.6) is 5.75 Å². The molecule has 0 radical (unpaired) electrons. The first kappa shape index (κ1) is 18.6. The van der Waals surface area contributed by atoms with Gasteiger partial charge >= 0.3 is 0 Å². The van der Waals surface area contributed by atoms with Gasteiger partial charge in [0.25, 0.3) is 0 Å². The third-order valence-electron chi connectivity index (χ3n) is 3.52. The smallest absolute Gasteiger partial charge is 0.222 e. The highest BCUT2D eigenvalue weighted by Gasteiger charge is 2.14. The molecule has 0 saturated carbocycles. The van der Waals surface area contributed by atoms with Crippen LogP contribution in [0.4, 0.5) is 4.39 Å². The van der Waals surface area contributed by atoms with Gasteiger partial charge in [-0.2, -0.15) is 0 Å². The van der Waals surface area contributed by atoms with Crippen LogP contribution >= 0.6 is 23.4 Å². The zero-order valence-electron chi connectivity index (χ0n) is 13.3. The van der Waals surface area contributed by atoms with Crippen molar-refractivity contribution in [3.8, 4) is 5.75 Å². The predicted molar refractivity (Wildman–Crippen MR) is 95.9 cm³/mol. The number of phenols is 1. The number of aromatic hydroxyl groups is 1. The van der Waals surface area contributed by atoms with Gasteiger partial charge < -0.3 is 10.0 Å². The number of nitrogens with zero attached hydrogens (tertiary/aromatic N) is 1. The van der Waals surface area contributed by atoms with Crippen molar-refractivity contribution in [1.29, 1.82) is 0 Å². The molecule has 0 spiro atoms. The molecule has 0 aromatic heterocycles. The van der Waals surface area contributed by atoms with Crippen LogP contribution < -0.4 is 0 Å². The standard InChI is InChI=1S/C18H19ClFNO2S/c1-21(12-15-16(19)4-2-5-17(15)20)18(23)6-3-11-24-14-9-7-13(22)8-10-14/h2,4-5,7-10,22H,3,6,11-12H2,1H3. The molecule has 3 nitrogen and oxygen atoms in total. The normalized spacial score (nSPS) is 10.6. The van der Waals surface area contributed by atoms with Crippen LogP contribution in [0, 0.1) is 5.82 Å². The van der Waals surface area contributed by atoms with Crippen LogP contribution in [0.15, 0.2) is 47.4 Å². The fourth-order valence-corrected chi connectivity index (χ4v) is 3.23. The largest absolute Gasteiger partial charge is 0.508 e. The van der Waals surface area contributed by atoms with Gasteiger partial charge in [-0.05, 0) is 48.6 Å². The maximum Gasteiger partial charge on any atom is 0.222 e. The SMILES string of the molecule is CN(Cc1c(F)cccc1Cl)C(=O)CCCSc1ccc(O)cc1. The summed E-state index contributed by atoms with van der Waals surface area (Å²) in [5, 5.41) is 9.56. The number of hydrogen-bond acceptors (Lipinski definition) is 3. The zero-order valence-corrected chi connectivity index (χ0v) is 14.9. The molecule has 128 valence electrons. The molecule has 2 rings (SSSR count). The second-order valence-corrected chi connectivity index (χ2v) is 6.97. The lowest BCUT2D eigenvalue weighted by Crippen LogP contribution is -2.26. The van der Waals surface area contributed by atoms with E-state index in [0.29, 0.717) is 17.0 Å². The Morgan fingerprint density at radius 3 is 2.62 bits per heavy atom. The molecule has 0 bridgehead atoms. The highest BCUT2D eigenvalue weighted by molar-refractivity contribution is 7.99. The fourth-order valence-electron chi connectivity index (χ4n) is 2.16. The monoisotopic (exact) mass is 367 g/mol. The molecule has 6 heteroatoms. The van der Waals surface area contributed by atoms with E-state index in [4.69, 9.17) is 11.6 Å². The van der Waals surface area contributed by atoms with Gasteiger partial charge in [0.1, 0.15) is 11.6 Å². The third kappa shape index (κ3) is 5.42. The fraction of sp³-hybridized carbons (Fsp3) is 0.278. The number of rotatable bonds is 7. The van der Waals surface area contributed by atoms with E-state index in [-0.39, 0.29) is 18.2 Å². The van der Waals surface area contributed by atoms with Crippen molar-refractivity contribution in [2.24, 2.45) is 0 Å². The lowest BCUT2D eigenvalue weighted by molar-refractivity contribution is -0.130. The van der Waals surface area contributed by atoms with Crippen LogP contribution in [-0.4, -0.2) is 28.7 Å². The molecule has 0 saturated heterocycles. The maximum absolute atomic E-state index is 13.8. The Hall–Kier alpha value is -1.72. The lowest BCUT2D eigenvalue weighted by atomic mass is 10.2. The Balaban J connectivity index is 1.76. The Labute approximate surface area is 150 Å². The Morgan fingerprint density at radius 2 is 1.96 bits per heavy atom. The number of hydrogen-bond donors (Lipinski definition) is 1. The molecule has 0 fully saturated rings. The quantitative estimate of drug-likeness (QED) is 0.568. The molecule has 2 aromatic carbocycles. The minimum absolute atomic E-state index is 0.0411. The molecule has 0 aliphatic heterocycles. The van der Waals surface area contributed by atoms with E-state index >= 15 is 0 Å². The molecule has 1 N–H and O–H groups in total. The Bertz CT molecular complexity index is 674. The molecule has 0 aliphatic rings. The van der Waals surface area contributed by atoms with E-state index < -0.39 is 5.82 Å². The van der Waals surface area contributed by atoms with E-state index in [2.05, 4.69) is 0 Å². The highest BCUT2D eigenvalue weighted by atomic mass is 35.5. The van der Waals surface area contributed by atoms with E-state index in [9.17, 15) is 14.3 Å². The lowest BCUT2D eigenvalue weighted by Gasteiger charge is -2.18. The second-order valence-electron chi connectivity index (χ2n) is 5.40. The summed E-state index contributed by atoms with van der Waals surface area (Å²) in [5.41, 5.74) is 0.341. The summed E-state index contributed by atoms with van der Waals surface area (Å²) in [4.78, 5) is 14.7. The molecule has 2 aromatic rings. The van der Waals surface area contributed by atoms with Crippen LogP contribution in [0.25, 0.3) is 0 Å². The number of phenolic OH excluding ortho intramolecular Hbond substituents is 1. The van der Waals surface area contributed by atoms with Gasteiger partial charge in [-0.25, -0.2) is 4.39 Å². The first-order valence-electron chi connectivity index (χ1n) is 7.56. The van der Waals surface area contributed by atoms with E-state index in [0.717, 1.165) is 17.1 Å². The van der Waals surface area contributed by atoms with Gasteiger partial charge in [0.05, 0.1) is 0 Å². The summed E-state index contributed by atoms with van der Waals surface area (Å²) in [6.45, 7) is 0.162. The number of thioether (sulfide) groups is 1. The zero-order chi connectivity index (χ0) is 17.5. The molecular weight excluding hydrogens is 349 g/mol. The minimum Gasteiger partial charge on any atom is -0.508 e. The molecule has 0 aliphatic carbocycles. The predicted octanol–water partition coefficient (Wildman–Crippen LogP) is 4.72. The molecule has 24 heavy (non-hydrogen) atoms. The molecule has 0 heterocycles. The molecular formula is C18H19ClFNO2S. The number of halogens is 2. The number of benzene rings is 2. The van der Waals surface area contributed by atoms with Crippen LogP contribution in [-0.2, 0) is 11.3 Å². The number of carbonyl (C=O) groups is 1. The van der Waals surface area contributed by atoms with Gasteiger partial charge in [-0.15, -0.1) is 11.8 Å². The highest BCUT2D eigenvalue weighted by Crippen LogP contribution is 2.23. The van der Waals surface area contributed by atoms with Gasteiger partial charge in [0.15, 0.2) is 0 Å². The molecule has 1 amide bonds. The summed E-state index contributed by atoms with van der Waals surface area (Å²) < 4.78 is 13.8. The maximum atomic E-state index is 13.8.